The minimum absolute atomic E-state index is 0.0319. The van der Waals surface area contributed by atoms with Gasteiger partial charge in [-0.3, -0.25) is 4.79 Å². The number of rotatable bonds is 9. The van der Waals surface area contributed by atoms with Crippen LogP contribution < -0.4 is 22.1 Å². The molecule has 13 nitrogen and oxygen atoms in total. The van der Waals surface area contributed by atoms with Crippen molar-refractivity contribution in [3.05, 3.63) is 11.7 Å². The summed E-state index contributed by atoms with van der Waals surface area (Å²) in [6, 6.07) is -4.28. The second kappa shape index (κ2) is 9.65. The Balaban J connectivity index is 2.90. The second-order valence-electron chi connectivity index (χ2n) is 5.36. The van der Waals surface area contributed by atoms with Gasteiger partial charge in [0, 0.05) is 0 Å². The molecule has 0 fully saturated rings. The largest absolute Gasteiger partial charge is 0.467 e. The van der Waals surface area contributed by atoms with Crippen LogP contribution in [0.25, 0.3) is 0 Å². The maximum Gasteiger partial charge on any atom is 0.331 e. The van der Waals surface area contributed by atoms with Crippen molar-refractivity contribution in [3.63, 3.8) is 0 Å². The zero-order chi connectivity index (χ0) is 19.9. The summed E-state index contributed by atoms with van der Waals surface area (Å²) in [4.78, 5) is 38.8. The number of hydrogen-bond donors (Lipinski definition) is 6. The lowest BCUT2D eigenvalue weighted by molar-refractivity contribution is -0.145. The number of carbonyl (C=O) groups excluding carboxylic acids is 3. The molecule has 0 aliphatic rings. The topological polar surface area (TPSA) is 216 Å². The van der Waals surface area contributed by atoms with Crippen molar-refractivity contribution >= 4 is 17.9 Å². The van der Waals surface area contributed by atoms with Gasteiger partial charge in [-0.15, -0.1) is 0 Å². The van der Waals surface area contributed by atoms with Crippen LogP contribution in [0.4, 0.5) is 4.79 Å². The fraction of sp³-hybridized carbons (Fsp3) is 0.615. The van der Waals surface area contributed by atoms with Gasteiger partial charge in [-0.2, -0.15) is 4.98 Å². The summed E-state index contributed by atoms with van der Waals surface area (Å²) in [5, 5.41) is 26.6. The van der Waals surface area contributed by atoms with E-state index in [0.717, 1.165) is 7.11 Å². The average Bonchev–Trinajstić information content (AvgIpc) is 3.07. The molecule has 0 spiro atoms. The van der Waals surface area contributed by atoms with Crippen LogP contribution in [0.1, 0.15) is 37.1 Å². The molecule has 0 aromatic carbocycles. The number of hydrogen-bond acceptors (Lipinski definition) is 10. The molecule has 0 aliphatic carbocycles. The Kier molecular flexibility index (Phi) is 7.89. The lowest BCUT2D eigenvalue weighted by atomic mass is 10.2. The summed E-state index contributed by atoms with van der Waals surface area (Å²) < 4.78 is 9.41. The van der Waals surface area contributed by atoms with Crippen molar-refractivity contribution in [2.24, 2.45) is 11.5 Å². The summed E-state index contributed by atoms with van der Waals surface area (Å²) in [7, 11) is 1.09. The quantitative estimate of drug-likeness (QED) is 0.244. The van der Waals surface area contributed by atoms with Crippen LogP contribution in [0, 0.1) is 0 Å². The van der Waals surface area contributed by atoms with Crippen LogP contribution in [0.5, 0.6) is 0 Å². The van der Waals surface area contributed by atoms with Crippen molar-refractivity contribution in [1.29, 1.82) is 0 Å². The molecule has 4 atom stereocenters. The van der Waals surface area contributed by atoms with E-state index in [4.69, 9.17) is 21.1 Å². The first-order chi connectivity index (χ1) is 12.2. The van der Waals surface area contributed by atoms with Crippen LogP contribution in [-0.4, -0.2) is 64.1 Å². The van der Waals surface area contributed by atoms with Crippen LogP contribution in [-0.2, 0) is 14.3 Å². The molecule has 0 radical (unpaired) electrons. The molecular formula is C13H22N6O7. The number of carbonyl (C=O) groups is 3. The molecule has 26 heavy (non-hydrogen) atoms. The van der Waals surface area contributed by atoms with Gasteiger partial charge < -0.3 is 41.6 Å². The van der Waals surface area contributed by atoms with Crippen molar-refractivity contribution in [2.45, 2.75) is 37.6 Å². The summed E-state index contributed by atoms with van der Waals surface area (Å²) in [5.74, 6) is -1.85. The monoisotopic (exact) mass is 374 g/mol. The van der Waals surface area contributed by atoms with Gasteiger partial charge in [0.1, 0.15) is 6.04 Å². The number of ether oxygens (including phenoxy) is 1. The fourth-order valence-electron chi connectivity index (χ4n) is 1.87. The molecule has 3 amide bonds. The number of nitrogens with zero attached hydrogens (tertiary/aromatic N) is 2. The third-order valence-corrected chi connectivity index (χ3v) is 3.22. The van der Waals surface area contributed by atoms with Crippen LogP contribution in [0.3, 0.4) is 0 Å². The molecule has 13 heteroatoms. The standard InChI is InChI=1S/C13H22N6O7/c1-5(21)9(12(23)25-2)17-13(24)16-7(3-8(15)22)11-18-10(19-26-11)6(14)4-20/h5-7,9,20-21H,3-4,14H2,1-2H3,(H2,15,22)(H2,16,17,24). The number of nitrogens with two attached hydrogens (primary N) is 2. The molecule has 1 aromatic rings. The summed E-state index contributed by atoms with van der Waals surface area (Å²) in [5.41, 5.74) is 10.7. The maximum absolute atomic E-state index is 12.1. The number of aliphatic hydroxyl groups is 2. The second-order valence-corrected chi connectivity index (χ2v) is 5.36. The lowest BCUT2D eigenvalue weighted by Gasteiger charge is -2.21. The van der Waals surface area contributed by atoms with Gasteiger partial charge in [-0.1, -0.05) is 5.16 Å². The van der Waals surface area contributed by atoms with Gasteiger partial charge >= 0.3 is 12.0 Å². The Bertz CT molecular complexity index is 634. The van der Waals surface area contributed by atoms with Crippen molar-refractivity contribution in [3.8, 4) is 0 Å². The van der Waals surface area contributed by atoms with Crippen LogP contribution in [0.2, 0.25) is 0 Å². The van der Waals surface area contributed by atoms with Gasteiger partial charge in [-0.25, -0.2) is 9.59 Å². The number of aromatic nitrogens is 2. The van der Waals surface area contributed by atoms with Crippen LogP contribution in [0.15, 0.2) is 4.52 Å². The van der Waals surface area contributed by atoms with Crippen LogP contribution >= 0.6 is 0 Å². The summed E-state index contributed by atoms with van der Waals surface area (Å²) >= 11 is 0. The third kappa shape index (κ3) is 5.94. The summed E-state index contributed by atoms with van der Waals surface area (Å²) in [6.45, 7) is 0.839. The van der Waals surface area contributed by atoms with Gasteiger partial charge in [0.05, 0.1) is 32.3 Å². The number of amides is 3. The SMILES string of the molecule is COC(=O)C(NC(=O)NC(CC(N)=O)c1nc(C(N)CO)no1)C(C)O. The molecule has 0 saturated carbocycles. The highest BCUT2D eigenvalue weighted by atomic mass is 16.5. The van der Waals surface area contributed by atoms with E-state index < -0.39 is 48.7 Å². The van der Waals surface area contributed by atoms with Crippen molar-refractivity contribution in [1.82, 2.24) is 20.8 Å². The zero-order valence-electron chi connectivity index (χ0n) is 14.2. The van der Waals surface area contributed by atoms with E-state index in [0.29, 0.717) is 0 Å². The smallest absolute Gasteiger partial charge is 0.331 e. The number of primary amides is 1. The Morgan fingerprint density at radius 3 is 2.50 bits per heavy atom. The average molecular weight is 374 g/mol. The normalized spacial score (nSPS) is 15.4. The molecule has 8 N–H and O–H groups in total. The number of urea groups is 1. The molecule has 0 bridgehead atoms. The van der Waals surface area contributed by atoms with E-state index in [1.165, 1.54) is 6.92 Å². The van der Waals surface area contributed by atoms with E-state index in [2.05, 4.69) is 25.5 Å². The van der Waals surface area contributed by atoms with Gasteiger partial charge in [-0.05, 0) is 6.92 Å². The minimum atomic E-state index is -1.34. The minimum Gasteiger partial charge on any atom is -0.467 e. The zero-order valence-corrected chi connectivity index (χ0v) is 14.2. The number of esters is 1. The predicted molar refractivity (Wildman–Crippen MR) is 84.0 cm³/mol. The predicted octanol–water partition coefficient (Wildman–Crippen LogP) is -2.80. The number of aliphatic hydroxyl groups excluding tert-OH is 2. The first-order valence-electron chi connectivity index (χ1n) is 7.50. The molecule has 0 aliphatic heterocycles. The van der Waals surface area contributed by atoms with E-state index in [9.17, 15) is 19.5 Å². The summed E-state index contributed by atoms with van der Waals surface area (Å²) in [6.07, 6.45) is -1.62. The van der Waals surface area contributed by atoms with E-state index in [1.807, 2.05) is 0 Å². The highest BCUT2D eigenvalue weighted by Crippen LogP contribution is 2.16. The maximum atomic E-state index is 12.1. The Labute approximate surface area is 148 Å². The molecule has 1 rings (SSSR count). The third-order valence-electron chi connectivity index (χ3n) is 3.22. The molecule has 0 saturated heterocycles. The van der Waals surface area contributed by atoms with Crippen molar-refractivity contribution < 1.29 is 33.9 Å². The van der Waals surface area contributed by atoms with E-state index >= 15 is 0 Å². The Morgan fingerprint density at radius 1 is 1.35 bits per heavy atom. The van der Waals surface area contributed by atoms with E-state index in [-0.39, 0.29) is 18.1 Å². The highest BCUT2D eigenvalue weighted by molar-refractivity contribution is 5.84. The van der Waals surface area contributed by atoms with Gasteiger partial charge in [0.2, 0.25) is 11.8 Å². The van der Waals surface area contributed by atoms with Gasteiger partial charge in [0.25, 0.3) is 0 Å². The first-order valence-corrected chi connectivity index (χ1v) is 7.50. The fourth-order valence-corrected chi connectivity index (χ4v) is 1.87. The molecule has 146 valence electrons. The van der Waals surface area contributed by atoms with Crippen molar-refractivity contribution in [2.75, 3.05) is 13.7 Å². The first kappa shape index (κ1) is 21.3. The lowest BCUT2D eigenvalue weighted by Crippen LogP contribution is -2.52. The molecule has 1 aromatic heterocycles. The Hall–Kier alpha value is -2.77. The highest BCUT2D eigenvalue weighted by Gasteiger charge is 2.29. The molecule has 1 heterocycles. The van der Waals surface area contributed by atoms with E-state index in [1.54, 1.807) is 0 Å². The number of methoxy groups -OCH3 is 1. The molecular weight excluding hydrogens is 352 g/mol. The number of nitrogens with one attached hydrogen (secondary N) is 2. The van der Waals surface area contributed by atoms with Gasteiger partial charge in [0.15, 0.2) is 11.9 Å². The Morgan fingerprint density at radius 2 is 2.00 bits per heavy atom. The molecule has 4 unspecified atom stereocenters.